The van der Waals surface area contributed by atoms with Gasteiger partial charge in [-0.25, -0.2) is 8.42 Å². The van der Waals surface area contributed by atoms with Gasteiger partial charge in [-0.1, -0.05) is 0 Å². The van der Waals surface area contributed by atoms with Crippen molar-refractivity contribution in [2.75, 3.05) is 26.4 Å². The Morgan fingerprint density at radius 2 is 1.90 bits per heavy atom. The second kappa shape index (κ2) is 7.20. The molecule has 0 radical (unpaired) electrons. The molecule has 1 amide bonds. The number of likely N-dealkylation sites (N-methyl/N-ethyl adjacent to an activating group) is 1. The number of carbonyl (C=O) groups is 1. The van der Waals surface area contributed by atoms with E-state index < -0.39 is 15.9 Å². The molecule has 7 heteroatoms. The average Bonchev–Trinajstić information content (AvgIpc) is 2.46. The third-order valence-electron chi connectivity index (χ3n) is 2.98. The van der Waals surface area contributed by atoms with E-state index in [9.17, 15) is 13.2 Å². The molecule has 0 bridgehead atoms. The van der Waals surface area contributed by atoms with Crippen molar-refractivity contribution in [3.05, 3.63) is 29.8 Å². The van der Waals surface area contributed by atoms with Crippen LogP contribution in [-0.2, 0) is 14.6 Å². The zero-order valence-corrected chi connectivity index (χ0v) is 13.1. The number of benzene rings is 1. The Labute approximate surface area is 125 Å². The molecule has 0 aliphatic rings. The Morgan fingerprint density at radius 3 is 2.38 bits per heavy atom. The molecule has 0 spiro atoms. The van der Waals surface area contributed by atoms with E-state index in [1.807, 2.05) is 6.07 Å². The van der Waals surface area contributed by atoms with Gasteiger partial charge in [0.1, 0.15) is 0 Å². The number of nitriles is 1. The minimum atomic E-state index is -3.42. The van der Waals surface area contributed by atoms with Crippen LogP contribution in [0.2, 0.25) is 0 Å². The Kier molecular flexibility index (Phi) is 5.88. The predicted octanol–water partition coefficient (Wildman–Crippen LogP) is 0.398. The maximum Gasteiger partial charge on any atom is 0.238 e. The smallest absolute Gasteiger partial charge is 0.238 e. The zero-order valence-electron chi connectivity index (χ0n) is 12.3. The minimum Gasteiger partial charge on any atom is -0.347 e. The van der Waals surface area contributed by atoms with Crippen LogP contribution in [0.4, 0.5) is 0 Å². The molecule has 1 aromatic carbocycles. The van der Waals surface area contributed by atoms with E-state index in [1.54, 1.807) is 21.0 Å². The van der Waals surface area contributed by atoms with Gasteiger partial charge in [0, 0.05) is 20.6 Å². The van der Waals surface area contributed by atoms with Gasteiger partial charge in [0.05, 0.1) is 28.3 Å². The molecule has 0 heterocycles. The largest absolute Gasteiger partial charge is 0.347 e. The molecule has 6 nitrogen and oxygen atoms in total. The number of hydrogen-bond donors (Lipinski definition) is 1. The van der Waals surface area contributed by atoms with E-state index in [0.717, 1.165) is 0 Å². The molecule has 0 aliphatic carbocycles. The van der Waals surface area contributed by atoms with Gasteiger partial charge in [-0.15, -0.1) is 0 Å². The van der Waals surface area contributed by atoms with E-state index in [-0.39, 0.29) is 23.1 Å². The van der Waals surface area contributed by atoms with Crippen molar-refractivity contribution in [2.45, 2.75) is 17.9 Å². The number of nitrogens with zero attached hydrogens (tertiary/aromatic N) is 2. The molecule has 1 aromatic rings. The van der Waals surface area contributed by atoms with Crippen LogP contribution in [0.25, 0.3) is 0 Å². The molecular formula is C14H19N3O3S. The molecule has 0 saturated heterocycles. The van der Waals surface area contributed by atoms with Gasteiger partial charge in [-0.05, 0) is 31.2 Å². The van der Waals surface area contributed by atoms with Crippen LogP contribution < -0.4 is 5.32 Å². The maximum absolute atomic E-state index is 12.1. The first kappa shape index (κ1) is 17.1. The number of rotatable bonds is 6. The highest BCUT2D eigenvalue weighted by Crippen LogP contribution is 2.11. The van der Waals surface area contributed by atoms with Gasteiger partial charge < -0.3 is 10.2 Å². The Hall–Kier alpha value is -1.91. The third kappa shape index (κ3) is 4.85. The summed E-state index contributed by atoms with van der Waals surface area (Å²) in [5.74, 6) is -0.213. The lowest BCUT2D eigenvalue weighted by Crippen LogP contribution is -2.43. The number of carbonyl (C=O) groups excluding carboxylic acids is 1. The standard InChI is InChI=1S/C14H19N3O3S/c1-11(14(18)17(2)3)16-8-9-21(19,20)13-6-4-12(10-15)5-7-13/h4-7,11,16H,8-9H2,1-3H3. The molecule has 1 unspecified atom stereocenters. The molecule has 0 fully saturated rings. The van der Waals surface area contributed by atoms with Crippen molar-refractivity contribution >= 4 is 15.7 Å². The first-order valence-corrected chi connectivity index (χ1v) is 8.10. The molecule has 1 N–H and O–H groups in total. The lowest BCUT2D eigenvalue weighted by molar-refractivity contribution is -0.130. The van der Waals surface area contributed by atoms with Crippen molar-refractivity contribution in [1.82, 2.24) is 10.2 Å². The second-order valence-electron chi connectivity index (χ2n) is 4.86. The molecule has 114 valence electrons. The monoisotopic (exact) mass is 309 g/mol. The molecule has 21 heavy (non-hydrogen) atoms. The Morgan fingerprint density at radius 1 is 1.33 bits per heavy atom. The van der Waals surface area contributed by atoms with E-state index in [1.165, 1.54) is 29.2 Å². The summed E-state index contributed by atoms with van der Waals surface area (Å²) in [6.45, 7) is 1.87. The van der Waals surface area contributed by atoms with E-state index in [4.69, 9.17) is 5.26 Å². The molecule has 1 atom stereocenters. The fourth-order valence-electron chi connectivity index (χ4n) is 1.74. The average molecular weight is 309 g/mol. The van der Waals surface area contributed by atoms with Crippen molar-refractivity contribution in [3.63, 3.8) is 0 Å². The highest BCUT2D eigenvalue weighted by Gasteiger charge is 2.17. The molecule has 0 aliphatic heterocycles. The Bertz CT molecular complexity index is 630. The third-order valence-corrected chi connectivity index (χ3v) is 4.71. The summed E-state index contributed by atoms with van der Waals surface area (Å²) in [4.78, 5) is 13.2. The highest BCUT2D eigenvalue weighted by atomic mass is 32.2. The lowest BCUT2D eigenvalue weighted by atomic mass is 10.2. The van der Waals surface area contributed by atoms with Crippen molar-refractivity contribution < 1.29 is 13.2 Å². The molecule has 0 aromatic heterocycles. The summed E-state index contributed by atoms with van der Waals surface area (Å²) < 4.78 is 24.2. The van der Waals surface area contributed by atoms with Gasteiger partial charge in [-0.2, -0.15) is 5.26 Å². The van der Waals surface area contributed by atoms with E-state index in [2.05, 4.69) is 5.32 Å². The first-order valence-electron chi connectivity index (χ1n) is 6.45. The van der Waals surface area contributed by atoms with Gasteiger partial charge in [0.15, 0.2) is 9.84 Å². The van der Waals surface area contributed by atoms with Gasteiger partial charge in [0.2, 0.25) is 5.91 Å². The van der Waals surface area contributed by atoms with Crippen LogP contribution in [0.15, 0.2) is 29.2 Å². The number of nitrogens with one attached hydrogen (secondary N) is 1. The van der Waals surface area contributed by atoms with Crippen LogP contribution in [0.1, 0.15) is 12.5 Å². The van der Waals surface area contributed by atoms with Crippen LogP contribution in [-0.4, -0.2) is 51.7 Å². The van der Waals surface area contributed by atoms with Crippen molar-refractivity contribution in [1.29, 1.82) is 5.26 Å². The van der Waals surface area contributed by atoms with Crippen molar-refractivity contribution in [3.8, 4) is 6.07 Å². The van der Waals surface area contributed by atoms with Crippen LogP contribution >= 0.6 is 0 Å². The maximum atomic E-state index is 12.1. The summed E-state index contributed by atoms with van der Waals surface area (Å²) in [7, 11) is -0.130. The van der Waals surface area contributed by atoms with Gasteiger partial charge in [0.25, 0.3) is 0 Å². The van der Waals surface area contributed by atoms with E-state index in [0.29, 0.717) is 5.56 Å². The van der Waals surface area contributed by atoms with Crippen LogP contribution in [0.5, 0.6) is 0 Å². The quantitative estimate of drug-likeness (QED) is 0.821. The summed E-state index contributed by atoms with van der Waals surface area (Å²) in [6.07, 6.45) is 0. The first-order chi connectivity index (χ1) is 9.77. The second-order valence-corrected chi connectivity index (χ2v) is 6.97. The number of hydrogen-bond acceptors (Lipinski definition) is 5. The summed E-state index contributed by atoms with van der Waals surface area (Å²) >= 11 is 0. The fourth-order valence-corrected chi connectivity index (χ4v) is 2.91. The fraction of sp³-hybridized carbons (Fsp3) is 0.429. The minimum absolute atomic E-state index is 0.106. The lowest BCUT2D eigenvalue weighted by Gasteiger charge is -2.17. The van der Waals surface area contributed by atoms with Crippen LogP contribution in [0, 0.1) is 11.3 Å². The van der Waals surface area contributed by atoms with Gasteiger partial charge in [-0.3, -0.25) is 4.79 Å². The summed E-state index contributed by atoms with van der Waals surface area (Å²) in [5.41, 5.74) is 0.414. The molecular weight excluding hydrogens is 290 g/mol. The zero-order chi connectivity index (χ0) is 16.0. The molecule has 1 rings (SSSR count). The SMILES string of the molecule is CC(NCCS(=O)(=O)c1ccc(C#N)cc1)C(=O)N(C)C. The summed E-state index contributed by atoms with van der Waals surface area (Å²) in [5, 5.41) is 11.6. The number of amides is 1. The molecule has 0 saturated carbocycles. The van der Waals surface area contributed by atoms with Crippen molar-refractivity contribution in [2.24, 2.45) is 0 Å². The van der Waals surface area contributed by atoms with Gasteiger partial charge >= 0.3 is 0 Å². The van der Waals surface area contributed by atoms with Crippen LogP contribution in [0.3, 0.4) is 0 Å². The predicted molar refractivity (Wildman–Crippen MR) is 79.4 cm³/mol. The normalized spacial score (nSPS) is 12.5. The highest BCUT2D eigenvalue weighted by molar-refractivity contribution is 7.91. The Balaban J connectivity index is 2.61. The number of sulfone groups is 1. The van der Waals surface area contributed by atoms with E-state index >= 15 is 0 Å². The topological polar surface area (TPSA) is 90.3 Å². The summed E-state index contributed by atoms with van der Waals surface area (Å²) in [6, 6.07) is 7.28.